The van der Waals surface area contributed by atoms with Gasteiger partial charge in [-0.05, 0) is 51.9 Å². The lowest BCUT2D eigenvalue weighted by molar-refractivity contribution is -0.159. The predicted molar refractivity (Wildman–Crippen MR) is 92.0 cm³/mol. The van der Waals surface area contributed by atoms with Crippen LogP contribution < -0.4 is 5.32 Å². The van der Waals surface area contributed by atoms with Crippen molar-refractivity contribution in [2.45, 2.75) is 38.4 Å². The van der Waals surface area contributed by atoms with E-state index < -0.39 is 17.6 Å². The van der Waals surface area contributed by atoms with E-state index in [1.807, 2.05) is 13.8 Å². The SMILES string of the molecule is CC(C)(CN1CCCC1)NC(=O)c1ccc(-c2noc(C(F)(F)F)n2)cc1. The molecule has 1 N–H and O–H groups in total. The fourth-order valence-electron chi connectivity index (χ4n) is 3.15. The van der Waals surface area contributed by atoms with E-state index >= 15 is 0 Å². The highest BCUT2D eigenvalue weighted by Crippen LogP contribution is 2.29. The van der Waals surface area contributed by atoms with E-state index in [1.54, 1.807) is 0 Å². The number of benzene rings is 1. The molecular weight excluding hydrogens is 361 g/mol. The molecule has 1 aromatic heterocycles. The molecule has 0 atom stereocenters. The largest absolute Gasteiger partial charge is 0.471 e. The van der Waals surface area contributed by atoms with Gasteiger partial charge >= 0.3 is 12.1 Å². The Kier molecular flexibility index (Phi) is 5.23. The quantitative estimate of drug-likeness (QED) is 0.859. The normalized spacial score (nSPS) is 15.9. The highest BCUT2D eigenvalue weighted by atomic mass is 19.4. The van der Waals surface area contributed by atoms with E-state index in [0.29, 0.717) is 11.1 Å². The summed E-state index contributed by atoms with van der Waals surface area (Å²) >= 11 is 0. The van der Waals surface area contributed by atoms with Crippen LogP contribution in [0.5, 0.6) is 0 Å². The van der Waals surface area contributed by atoms with Gasteiger partial charge in [-0.3, -0.25) is 4.79 Å². The standard InChI is InChI=1S/C18H21F3N4O2/c1-17(2,11-25-9-3-4-10-25)23-15(26)13-7-5-12(6-8-13)14-22-16(27-24-14)18(19,20)21/h5-8H,3-4,9-11H2,1-2H3,(H,23,26). The maximum absolute atomic E-state index is 12.5. The van der Waals surface area contributed by atoms with Crippen molar-refractivity contribution in [1.82, 2.24) is 20.4 Å². The molecule has 3 rings (SSSR count). The molecule has 1 fully saturated rings. The van der Waals surface area contributed by atoms with Crippen molar-refractivity contribution < 1.29 is 22.5 Å². The van der Waals surface area contributed by atoms with Gasteiger partial charge in [-0.25, -0.2) is 0 Å². The lowest BCUT2D eigenvalue weighted by Crippen LogP contribution is -2.50. The van der Waals surface area contributed by atoms with Gasteiger partial charge in [0.25, 0.3) is 5.91 Å². The van der Waals surface area contributed by atoms with Crippen molar-refractivity contribution >= 4 is 5.91 Å². The first-order valence-corrected chi connectivity index (χ1v) is 8.70. The van der Waals surface area contributed by atoms with Crippen LogP contribution in [0.2, 0.25) is 0 Å². The maximum atomic E-state index is 12.5. The van der Waals surface area contributed by atoms with E-state index in [-0.39, 0.29) is 11.7 Å². The number of carbonyl (C=O) groups is 1. The van der Waals surface area contributed by atoms with Gasteiger partial charge in [0, 0.05) is 23.2 Å². The van der Waals surface area contributed by atoms with Gasteiger partial charge < -0.3 is 14.7 Å². The molecule has 9 heteroatoms. The van der Waals surface area contributed by atoms with Crippen molar-refractivity contribution in [3.05, 3.63) is 35.7 Å². The van der Waals surface area contributed by atoms with Crippen molar-refractivity contribution in [1.29, 1.82) is 0 Å². The number of nitrogens with zero attached hydrogens (tertiary/aromatic N) is 3. The Morgan fingerprint density at radius 1 is 1.19 bits per heavy atom. The molecule has 1 amide bonds. The fourth-order valence-corrected chi connectivity index (χ4v) is 3.15. The Morgan fingerprint density at radius 2 is 1.81 bits per heavy atom. The summed E-state index contributed by atoms with van der Waals surface area (Å²) in [5, 5.41) is 6.34. The molecule has 0 aliphatic carbocycles. The minimum atomic E-state index is -4.69. The van der Waals surface area contributed by atoms with Crippen molar-refractivity contribution in [3.63, 3.8) is 0 Å². The van der Waals surface area contributed by atoms with Crippen LogP contribution in [-0.2, 0) is 6.18 Å². The molecule has 0 radical (unpaired) electrons. The van der Waals surface area contributed by atoms with Gasteiger partial charge in [0.1, 0.15) is 0 Å². The smallest absolute Gasteiger partial charge is 0.346 e. The zero-order chi connectivity index (χ0) is 19.7. The molecule has 0 unspecified atom stereocenters. The number of hydrogen-bond donors (Lipinski definition) is 1. The number of rotatable bonds is 5. The first-order chi connectivity index (χ1) is 12.6. The average molecular weight is 382 g/mol. The summed E-state index contributed by atoms with van der Waals surface area (Å²) in [5.41, 5.74) is 0.352. The number of halogens is 3. The van der Waals surface area contributed by atoms with Crippen molar-refractivity contribution in [2.24, 2.45) is 0 Å². The Balaban J connectivity index is 1.65. The van der Waals surface area contributed by atoms with Gasteiger partial charge in [0.15, 0.2) is 0 Å². The zero-order valence-electron chi connectivity index (χ0n) is 15.1. The molecule has 1 saturated heterocycles. The summed E-state index contributed by atoms with van der Waals surface area (Å²) in [7, 11) is 0. The van der Waals surface area contributed by atoms with Crippen LogP contribution in [0.4, 0.5) is 13.2 Å². The number of carbonyl (C=O) groups excluding carboxylic acids is 1. The number of amides is 1. The second kappa shape index (κ2) is 7.30. The van der Waals surface area contributed by atoms with Crippen molar-refractivity contribution in [2.75, 3.05) is 19.6 Å². The lowest BCUT2D eigenvalue weighted by Gasteiger charge is -2.31. The summed E-state index contributed by atoms with van der Waals surface area (Å²) in [4.78, 5) is 18.1. The van der Waals surface area contributed by atoms with Crippen LogP contribution >= 0.6 is 0 Å². The second-order valence-corrected chi connectivity index (χ2v) is 7.32. The summed E-state index contributed by atoms with van der Waals surface area (Å²) in [6.07, 6.45) is -2.33. The van der Waals surface area contributed by atoms with Crippen LogP contribution in [0.15, 0.2) is 28.8 Å². The lowest BCUT2D eigenvalue weighted by atomic mass is 10.0. The highest BCUT2D eigenvalue weighted by molar-refractivity contribution is 5.95. The molecule has 1 aliphatic rings. The molecule has 6 nitrogen and oxygen atoms in total. The summed E-state index contributed by atoms with van der Waals surface area (Å²) in [5.74, 6) is -1.82. The molecule has 0 spiro atoms. The Bertz CT molecular complexity index is 794. The molecule has 0 bridgehead atoms. The third-order valence-electron chi connectivity index (χ3n) is 4.34. The molecule has 1 aliphatic heterocycles. The van der Waals surface area contributed by atoms with Gasteiger partial charge in [-0.2, -0.15) is 18.2 Å². The zero-order valence-corrected chi connectivity index (χ0v) is 15.1. The van der Waals surface area contributed by atoms with Crippen molar-refractivity contribution in [3.8, 4) is 11.4 Å². The number of aromatic nitrogens is 2. The van der Waals surface area contributed by atoms with E-state index in [4.69, 9.17) is 0 Å². The summed E-state index contributed by atoms with van der Waals surface area (Å²) in [6, 6.07) is 6.04. The Morgan fingerprint density at radius 3 is 2.37 bits per heavy atom. The van der Waals surface area contributed by atoms with Crippen LogP contribution in [0, 0.1) is 0 Å². The highest BCUT2D eigenvalue weighted by Gasteiger charge is 2.38. The van der Waals surface area contributed by atoms with Gasteiger partial charge in [-0.1, -0.05) is 17.3 Å². The third-order valence-corrected chi connectivity index (χ3v) is 4.34. The monoisotopic (exact) mass is 382 g/mol. The number of nitrogens with one attached hydrogen (secondary N) is 1. The van der Waals surface area contributed by atoms with E-state index in [1.165, 1.54) is 37.1 Å². The summed E-state index contributed by atoms with van der Waals surface area (Å²) < 4.78 is 41.8. The molecule has 2 aromatic rings. The fraction of sp³-hybridized carbons (Fsp3) is 0.500. The number of alkyl halides is 3. The topological polar surface area (TPSA) is 71.3 Å². The first kappa shape index (κ1) is 19.3. The van der Waals surface area contributed by atoms with E-state index in [0.717, 1.165) is 19.6 Å². The molecule has 27 heavy (non-hydrogen) atoms. The number of likely N-dealkylation sites (tertiary alicyclic amines) is 1. The Labute approximate surface area is 154 Å². The first-order valence-electron chi connectivity index (χ1n) is 8.70. The van der Waals surface area contributed by atoms with E-state index in [2.05, 4.69) is 24.9 Å². The van der Waals surface area contributed by atoms with Gasteiger partial charge in [0.2, 0.25) is 5.82 Å². The average Bonchev–Trinajstić information content (AvgIpc) is 3.25. The molecule has 2 heterocycles. The second-order valence-electron chi connectivity index (χ2n) is 7.32. The van der Waals surface area contributed by atoms with E-state index in [9.17, 15) is 18.0 Å². The minimum absolute atomic E-state index is 0.177. The summed E-state index contributed by atoms with van der Waals surface area (Å²) in [6.45, 7) is 6.78. The van der Waals surface area contributed by atoms with Crippen LogP contribution in [-0.4, -0.2) is 46.1 Å². The maximum Gasteiger partial charge on any atom is 0.471 e. The minimum Gasteiger partial charge on any atom is -0.346 e. The molecule has 0 saturated carbocycles. The Hall–Kier alpha value is -2.42. The molecular formula is C18H21F3N4O2. The van der Waals surface area contributed by atoms with Crippen LogP contribution in [0.1, 0.15) is 42.9 Å². The predicted octanol–water partition coefficient (Wildman–Crippen LogP) is 3.36. The third kappa shape index (κ3) is 4.85. The van der Waals surface area contributed by atoms with Crippen LogP contribution in [0.3, 0.4) is 0 Å². The molecule has 146 valence electrons. The van der Waals surface area contributed by atoms with Gasteiger partial charge in [0.05, 0.1) is 0 Å². The van der Waals surface area contributed by atoms with Gasteiger partial charge in [-0.15, -0.1) is 0 Å². The number of hydrogen-bond acceptors (Lipinski definition) is 5. The van der Waals surface area contributed by atoms with Crippen LogP contribution in [0.25, 0.3) is 11.4 Å². The molecule has 1 aromatic carbocycles.